The van der Waals surface area contributed by atoms with E-state index in [1.165, 1.54) is 0 Å². The summed E-state index contributed by atoms with van der Waals surface area (Å²) in [5.74, 6) is -0.679. The van der Waals surface area contributed by atoms with Gasteiger partial charge in [0.15, 0.2) is 0 Å². The number of primary sulfonamides is 1. The molecule has 1 aromatic carbocycles. The Morgan fingerprint density at radius 3 is 2.26 bits per heavy atom. The van der Waals surface area contributed by atoms with Crippen molar-refractivity contribution in [3.63, 3.8) is 0 Å². The van der Waals surface area contributed by atoms with Gasteiger partial charge in [-0.1, -0.05) is 37.3 Å². The van der Waals surface area contributed by atoms with Crippen LogP contribution in [-0.4, -0.2) is 34.9 Å². The topological polar surface area (TPSA) is 106 Å². The number of hydrogen-bond donors (Lipinski definition) is 2. The van der Waals surface area contributed by atoms with Gasteiger partial charge in [0.05, 0.1) is 11.5 Å². The minimum atomic E-state index is -3.65. The minimum absolute atomic E-state index is 0.0956. The first-order valence-corrected chi connectivity index (χ1v) is 9.09. The zero-order valence-corrected chi connectivity index (χ0v) is 12.2. The van der Waals surface area contributed by atoms with Gasteiger partial charge >= 0.3 is 0 Å². The molecule has 19 heavy (non-hydrogen) atoms. The van der Waals surface area contributed by atoms with E-state index in [1.54, 1.807) is 6.92 Å². The molecular formula is C11H18N2O4S2. The average Bonchev–Trinajstić information content (AvgIpc) is 2.27. The average molecular weight is 306 g/mol. The Kier molecular flexibility index (Phi) is 5.48. The van der Waals surface area contributed by atoms with Crippen molar-refractivity contribution in [1.82, 2.24) is 4.72 Å². The van der Waals surface area contributed by atoms with Crippen molar-refractivity contribution in [2.45, 2.75) is 12.8 Å². The third kappa shape index (κ3) is 6.67. The standard InChI is InChI=1S/C11H18N2O4S2/c1-10(11-5-3-2-4-6-11)9-19(16,17)13-7-8-18(12,14)15/h2-6,10,13H,7-9H2,1H3,(H2,12,14,15). The Bertz CT molecular complexity index is 597. The summed E-state index contributed by atoms with van der Waals surface area (Å²) in [6.07, 6.45) is 0. The van der Waals surface area contributed by atoms with Crippen LogP contribution in [-0.2, 0) is 20.0 Å². The number of rotatable bonds is 7. The smallest absolute Gasteiger partial charge is 0.212 e. The zero-order valence-electron chi connectivity index (χ0n) is 10.6. The molecule has 0 aromatic heterocycles. The molecule has 1 aromatic rings. The second-order valence-corrected chi connectivity index (χ2v) is 7.94. The van der Waals surface area contributed by atoms with E-state index in [0.717, 1.165) is 5.56 Å². The third-order valence-corrected chi connectivity index (χ3v) is 4.90. The summed E-state index contributed by atoms with van der Waals surface area (Å²) in [7, 11) is -7.18. The summed E-state index contributed by atoms with van der Waals surface area (Å²) in [4.78, 5) is 0. The molecule has 0 aliphatic carbocycles. The fraction of sp³-hybridized carbons (Fsp3) is 0.455. The summed E-state index contributed by atoms with van der Waals surface area (Å²) in [6.45, 7) is 1.59. The van der Waals surface area contributed by atoms with Crippen LogP contribution in [0.1, 0.15) is 18.4 Å². The molecule has 6 nitrogen and oxygen atoms in total. The fourth-order valence-electron chi connectivity index (χ4n) is 1.61. The Hall–Kier alpha value is -0.960. The van der Waals surface area contributed by atoms with Gasteiger partial charge in [0, 0.05) is 6.54 Å². The van der Waals surface area contributed by atoms with Crippen LogP contribution < -0.4 is 9.86 Å². The number of nitrogens with two attached hydrogens (primary N) is 1. The van der Waals surface area contributed by atoms with Crippen molar-refractivity contribution in [2.24, 2.45) is 5.14 Å². The van der Waals surface area contributed by atoms with Crippen molar-refractivity contribution >= 4 is 20.0 Å². The van der Waals surface area contributed by atoms with E-state index >= 15 is 0 Å². The lowest BCUT2D eigenvalue weighted by Crippen LogP contribution is -2.34. The molecule has 0 fully saturated rings. The molecule has 0 radical (unpaired) electrons. The van der Waals surface area contributed by atoms with Gasteiger partial charge in [-0.3, -0.25) is 0 Å². The maximum Gasteiger partial charge on any atom is 0.212 e. The van der Waals surface area contributed by atoms with E-state index in [0.29, 0.717) is 0 Å². The van der Waals surface area contributed by atoms with Gasteiger partial charge < -0.3 is 0 Å². The van der Waals surface area contributed by atoms with Crippen LogP contribution in [0.15, 0.2) is 30.3 Å². The molecule has 0 spiro atoms. The van der Waals surface area contributed by atoms with Gasteiger partial charge in [-0.15, -0.1) is 0 Å². The molecule has 0 heterocycles. The monoisotopic (exact) mass is 306 g/mol. The highest BCUT2D eigenvalue weighted by Crippen LogP contribution is 2.15. The molecule has 0 aliphatic heterocycles. The molecule has 0 amide bonds. The Balaban J connectivity index is 2.55. The summed E-state index contributed by atoms with van der Waals surface area (Å²) in [6, 6.07) is 9.24. The SMILES string of the molecule is CC(CS(=O)(=O)NCCS(N)(=O)=O)c1ccccc1. The van der Waals surface area contributed by atoms with E-state index < -0.39 is 25.8 Å². The van der Waals surface area contributed by atoms with Crippen LogP contribution in [0.5, 0.6) is 0 Å². The van der Waals surface area contributed by atoms with Gasteiger partial charge in [0.25, 0.3) is 0 Å². The number of nitrogens with one attached hydrogen (secondary N) is 1. The van der Waals surface area contributed by atoms with Crippen LogP contribution in [0, 0.1) is 0 Å². The normalized spacial score (nSPS) is 14.2. The van der Waals surface area contributed by atoms with Crippen molar-refractivity contribution < 1.29 is 16.8 Å². The predicted molar refractivity (Wildman–Crippen MR) is 74.6 cm³/mol. The highest BCUT2D eigenvalue weighted by Gasteiger charge is 2.17. The lowest BCUT2D eigenvalue weighted by Gasteiger charge is -2.12. The Morgan fingerprint density at radius 1 is 1.16 bits per heavy atom. The lowest BCUT2D eigenvalue weighted by molar-refractivity contribution is 0.576. The largest absolute Gasteiger partial charge is 0.229 e. The second-order valence-electron chi connectivity index (χ2n) is 4.35. The number of hydrogen-bond acceptors (Lipinski definition) is 4. The van der Waals surface area contributed by atoms with Crippen molar-refractivity contribution in [3.8, 4) is 0 Å². The van der Waals surface area contributed by atoms with Crippen LogP contribution >= 0.6 is 0 Å². The maximum atomic E-state index is 11.8. The summed E-state index contributed by atoms with van der Waals surface area (Å²) >= 11 is 0. The second kappa shape index (κ2) is 6.47. The molecule has 3 N–H and O–H groups in total. The van der Waals surface area contributed by atoms with Crippen molar-refractivity contribution in [1.29, 1.82) is 0 Å². The van der Waals surface area contributed by atoms with Gasteiger partial charge in [-0.2, -0.15) is 0 Å². The molecule has 0 aliphatic rings. The zero-order chi connectivity index (χ0) is 14.5. The molecular weight excluding hydrogens is 288 g/mol. The molecule has 1 rings (SSSR count). The lowest BCUT2D eigenvalue weighted by atomic mass is 10.0. The highest BCUT2D eigenvalue weighted by molar-refractivity contribution is 7.90. The summed E-state index contributed by atoms with van der Waals surface area (Å²) < 4.78 is 47.1. The minimum Gasteiger partial charge on any atom is -0.229 e. The van der Waals surface area contributed by atoms with E-state index in [2.05, 4.69) is 4.72 Å². The number of benzene rings is 1. The van der Waals surface area contributed by atoms with Crippen LogP contribution in [0.25, 0.3) is 0 Å². The Morgan fingerprint density at radius 2 is 1.74 bits per heavy atom. The summed E-state index contributed by atoms with van der Waals surface area (Å²) in [5, 5.41) is 4.79. The predicted octanol–water partition coefficient (Wildman–Crippen LogP) is -0.00200. The summed E-state index contributed by atoms with van der Waals surface area (Å²) in [5.41, 5.74) is 0.916. The van der Waals surface area contributed by atoms with E-state index in [1.807, 2.05) is 30.3 Å². The molecule has 0 saturated heterocycles. The van der Waals surface area contributed by atoms with E-state index in [9.17, 15) is 16.8 Å². The van der Waals surface area contributed by atoms with Gasteiger partial charge in [-0.05, 0) is 11.5 Å². The molecule has 0 saturated carbocycles. The fourth-order valence-corrected chi connectivity index (χ4v) is 3.50. The molecule has 1 unspecified atom stereocenters. The van der Waals surface area contributed by atoms with E-state index in [-0.39, 0.29) is 18.2 Å². The first-order valence-electron chi connectivity index (χ1n) is 5.72. The van der Waals surface area contributed by atoms with Gasteiger partial charge in [0.1, 0.15) is 0 Å². The molecule has 8 heteroatoms. The third-order valence-electron chi connectivity index (χ3n) is 2.55. The Labute approximate surface area is 114 Å². The maximum absolute atomic E-state index is 11.8. The van der Waals surface area contributed by atoms with Crippen molar-refractivity contribution in [3.05, 3.63) is 35.9 Å². The van der Waals surface area contributed by atoms with Crippen LogP contribution in [0.2, 0.25) is 0 Å². The van der Waals surface area contributed by atoms with Crippen LogP contribution in [0.4, 0.5) is 0 Å². The van der Waals surface area contributed by atoms with E-state index in [4.69, 9.17) is 5.14 Å². The highest BCUT2D eigenvalue weighted by atomic mass is 32.2. The van der Waals surface area contributed by atoms with Gasteiger partial charge in [-0.25, -0.2) is 26.7 Å². The van der Waals surface area contributed by atoms with Gasteiger partial charge in [0.2, 0.25) is 20.0 Å². The number of sulfonamides is 2. The molecule has 108 valence electrons. The first kappa shape index (κ1) is 16.1. The first-order chi connectivity index (χ1) is 8.70. The van der Waals surface area contributed by atoms with Crippen molar-refractivity contribution in [2.75, 3.05) is 18.1 Å². The van der Waals surface area contributed by atoms with Crippen LogP contribution in [0.3, 0.4) is 0 Å². The molecule has 1 atom stereocenters. The quantitative estimate of drug-likeness (QED) is 0.739. The molecule has 0 bridgehead atoms.